The highest BCUT2D eigenvalue weighted by atomic mass is 19.1. The fraction of sp³-hybridized carbons (Fsp3) is 0.562. The Balaban J connectivity index is 2.19. The van der Waals surface area contributed by atoms with E-state index < -0.39 is 5.82 Å². The second-order valence-corrected chi connectivity index (χ2v) is 6.54. The van der Waals surface area contributed by atoms with Crippen molar-refractivity contribution >= 4 is 5.91 Å². The number of hydrogen-bond acceptors (Lipinski definition) is 2. The van der Waals surface area contributed by atoms with Crippen molar-refractivity contribution < 1.29 is 9.18 Å². The van der Waals surface area contributed by atoms with Crippen LogP contribution in [0, 0.1) is 5.82 Å². The fourth-order valence-corrected chi connectivity index (χ4v) is 2.33. The number of rotatable bonds is 1. The molecule has 0 saturated carbocycles. The molecule has 3 nitrogen and oxygen atoms in total. The number of amides is 1. The lowest BCUT2D eigenvalue weighted by molar-refractivity contribution is 0.0659. The molecule has 1 heterocycles. The molecule has 1 fully saturated rings. The van der Waals surface area contributed by atoms with Gasteiger partial charge in [-0.1, -0.05) is 26.8 Å². The number of benzene rings is 1. The lowest BCUT2D eigenvalue weighted by Crippen LogP contribution is -2.47. The van der Waals surface area contributed by atoms with Gasteiger partial charge in [-0.15, -0.1) is 0 Å². The maximum Gasteiger partial charge on any atom is 0.256 e. The Labute approximate surface area is 120 Å². The van der Waals surface area contributed by atoms with E-state index in [2.05, 4.69) is 4.90 Å². The lowest BCUT2D eigenvalue weighted by atomic mass is 9.86. The van der Waals surface area contributed by atoms with Crippen LogP contribution in [0.3, 0.4) is 0 Å². The number of nitrogens with zero attached hydrogens (tertiary/aromatic N) is 2. The van der Waals surface area contributed by atoms with E-state index in [1.807, 2.05) is 33.9 Å². The molecule has 1 aromatic rings. The number of carbonyl (C=O) groups is 1. The standard InChI is InChI=1S/C16H23FN2O/c1-16(2,3)12-5-6-13(14(17)11-12)15(20)19-9-7-18(4)8-10-19/h5-6,11H,7-10H2,1-4H3. The third-order valence-electron chi connectivity index (χ3n) is 3.86. The van der Waals surface area contributed by atoms with Gasteiger partial charge in [0.05, 0.1) is 5.56 Å². The predicted molar refractivity (Wildman–Crippen MR) is 78.5 cm³/mol. The monoisotopic (exact) mass is 278 g/mol. The van der Waals surface area contributed by atoms with E-state index in [0.29, 0.717) is 13.1 Å². The minimum absolute atomic E-state index is 0.115. The second kappa shape index (κ2) is 5.52. The Hall–Kier alpha value is -1.42. The molecule has 4 heteroatoms. The zero-order chi connectivity index (χ0) is 14.9. The Morgan fingerprint density at radius 1 is 1.15 bits per heavy atom. The van der Waals surface area contributed by atoms with Crippen molar-refractivity contribution in [2.45, 2.75) is 26.2 Å². The fourth-order valence-electron chi connectivity index (χ4n) is 2.33. The summed E-state index contributed by atoms with van der Waals surface area (Å²) in [4.78, 5) is 16.3. The van der Waals surface area contributed by atoms with Crippen molar-refractivity contribution in [3.05, 3.63) is 35.1 Å². The zero-order valence-corrected chi connectivity index (χ0v) is 12.7. The van der Waals surface area contributed by atoms with E-state index in [9.17, 15) is 9.18 Å². The topological polar surface area (TPSA) is 23.6 Å². The quantitative estimate of drug-likeness (QED) is 0.788. The highest BCUT2D eigenvalue weighted by Gasteiger charge is 2.24. The summed E-state index contributed by atoms with van der Waals surface area (Å²) in [5.41, 5.74) is 0.975. The van der Waals surface area contributed by atoms with Crippen LogP contribution in [0.15, 0.2) is 18.2 Å². The molecule has 1 amide bonds. The van der Waals surface area contributed by atoms with Crippen molar-refractivity contribution in [2.24, 2.45) is 0 Å². The van der Waals surface area contributed by atoms with E-state index in [-0.39, 0.29) is 16.9 Å². The summed E-state index contributed by atoms with van der Waals surface area (Å²) in [7, 11) is 2.03. The average molecular weight is 278 g/mol. The van der Waals surface area contributed by atoms with Gasteiger partial charge in [0, 0.05) is 26.2 Å². The molecule has 0 aliphatic carbocycles. The number of likely N-dealkylation sites (N-methyl/N-ethyl adjacent to an activating group) is 1. The van der Waals surface area contributed by atoms with Gasteiger partial charge in [-0.05, 0) is 30.2 Å². The summed E-state index contributed by atoms with van der Waals surface area (Å²) in [5, 5.41) is 0. The third kappa shape index (κ3) is 3.18. The smallest absolute Gasteiger partial charge is 0.256 e. The van der Waals surface area contributed by atoms with Crippen molar-refractivity contribution in [3.8, 4) is 0 Å². The molecular formula is C16H23FN2O. The van der Waals surface area contributed by atoms with Crippen LogP contribution in [0.25, 0.3) is 0 Å². The van der Waals surface area contributed by atoms with Crippen LogP contribution in [-0.2, 0) is 5.41 Å². The maximum absolute atomic E-state index is 14.2. The molecule has 1 aliphatic rings. The van der Waals surface area contributed by atoms with Gasteiger partial charge in [0.2, 0.25) is 0 Å². The lowest BCUT2D eigenvalue weighted by Gasteiger charge is -2.32. The number of hydrogen-bond donors (Lipinski definition) is 0. The molecule has 1 aliphatic heterocycles. The number of halogens is 1. The third-order valence-corrected chi connectivity index (χ3v) is 3.86. The molecule has 110 valence electrons. The van der Waals surface area contributed by atoms with Gasteiger partial charge in [0.1, 0.15) is 5.82 Å². The molecular weight excluding hydrogens is 255 g/mol. The van der Waals surface area contributed by atoms with Gasteiger partial charge < -0.3 is 9.80 Å². The van der Waals surface area contributed by atoms with Gasteiger partial charge in [-0.2, -0.15) is 0 Å². The van der Waals surface area contributed by atoms with E-state index in [1.165, 1.54) is 6.07 Å². The van der Waals surface area contributed by atoms with Crippen LogP contribution >= 0.6 is 0 Å². The van der Waals surface area contributed by atoms with Gasteiger partial charge in [0.25, 0.3) is 5.91 Å². The van der Waals surface area contributed by atoms with Crippen LogP contribution in [0.1, 0.15) is 36.7 Å². The first-order chi connectivity index (χ1) is 9.29. The second-order valence-electron chi connectivity index (χ2n) is 6.54. The largest absolute Gasteiger partial charge is 0.336 e. The van der Waals surface area contributed by atoms with E-state index in [0.717, 1.165) is 18.7 Å². The predicted octanol–water partition coefficient (Wildman–Crippen LogP) is 2.51. The summed E-state index contributed by atoms with van der Waals surface area (Å²) in [5.74, 6) is -0.614. The van der Waals surface area contributed by atoms with Gasteiger partial charge in [-0.3, -0.25) is 4.79 Å². The van der Waals surface area contributed by atoms with Crippen LogP contribution in [0.5, 0.6) is 0 Å². The first kappa shape index (κ1) is 15.0. The van der Waals surface area contributed by atoms with E-state index in [1.54, 1.807) is 11.0 Å². The van der Waals surface area contributed by atoms with Gasteiger partial charge in [0.15, 0.2) is 0 Å². The molecule has 0 radical (unpaired) electrons. The molecule has 0 spiro atoms. The maximum atomic E-state index is 14.2. The van der Waals surface area contributed by atoms with Gasteiger partial charge in [-0.25, -0.2) is 4.39 Å². The Morgan fingerprint density at radius 3 is 2.25 bits per heavy atom. The van der Waals surface area contributed by atoms with E-state index in [4.69, 9.17) is 0 Å². The highest BCUT2D eigenvalue weighted by molar-refractivity contribution is 5.94. The number of piperazine rings is 1. The van der Waals surface area contributed by atoms with Crippen LogP contribution < -0.4 is 0 Å². The Morgan fingerprint density at radius 2 is 1.75 bits per heavy atom. The Bertz CT molecular complexity index is 500. The van der Waals surface area contributed by atoms with Gasteiger partial charge >= 0.3 is 0 Å². The molecule has 1 saturated heterocycles. The molecule has 0 bridgehead atoms. The summed E-state index contributed by atoms with van der Waals surface area (Å²) < 4.78 is 14.2. The SMILES string of the molecule is CN1CCN(C(=O)c2ccc(C(C)(C)C)cc2F)CC1. The highest BCUT2D eigenvalue weighted by Crippen LogP contribution is 2.24. The molecule has 0 atom stereocenters. The summed E-state index contributed by atoms with van der Waals surface area (Å²) >= 11 is 0. The molecule has 0 aromatic heterocycles. The minimum Gasteiger partial charge on any atom is -0.336 e. The molecule has 2 rings (SSSR count). The first-order valence-corrected chi connectivity index (χ1v) is 7.07. The summed E-state index contributed by atoms with van der Waals surface area (Å²) in [6.07, 6.45) is 0. The molecule has 0 unspecified atom stereocenters. The van der Waals surface area contributed by atoms with Crippen LogP contribution in [-0.4, -0.2) is 48.9 Å². The average Bonchev–Trinajstić information content (AvgIpc) is 2.37. The molecule has 0 N–H and O–H groups in total. The van der Waals surface area contributed by atoms with E-state index >= 15 is 0 Å². The summed E-state index contributed by atoms with van der Waals surface area (Å²) in [6, 6.07) is 4.96. The van der Waals surface area contributed by atoms with Crippen molar-refractivity contribution in [1.29, 1.82) is 0 Å². The van der Waals surface area contributed by atoms with Crippen molar-refractivity contribution in [3.63, 3.8) is 0 Å². The first-order valence-electron chi connectivity index (χ1n) is 7.07. The minimum atomic E-state index is -0.415. The normalized spacial score (nSPS) is 17.4. The molecule has 20 heavy (non-hydrogen) atoms. The molecule has 1 aromatic carbocycles. The zero-order valence-electron chi connectivity index (χ0n) is 12.7. The van der Waals surface area contributed by atoms with Crippen molar-refractivity contribution in [1.82, 2.24) is 9.80 Å². The van der Waals surface area contributed by atoms with Crippen molar-refractivity contribution in [2.75, 3.05) is 33.2 Å². The van der Waals surface area contributed by atoms with Crippen LogP contribution in [0.2, 0.25) is 0 Å². The summed E-state index contributed by atoms with van der Waals surface area (Å²) in [6.45, 7) is 9.10. The Kier molecular flexibility index (Phi) is 4.14. The van der Waals surface area contributed by atoms with Crippen LogP contribution in [0.4, 0.5) is 4.39 Å². The number of carbonyl (C=O) groups excluding carboxylic acids is 1.